The molecule has 2 heterocycles. The van der Waals surface area contributed by atoms with Crippen molar-refractivity contribution in [3.05, 3.63) is 93.1 Å². The number of methoxy groups -OCH3 is 1. The van der Waals surface area contributed by atoms with Crippen molar-refractivity contribution < 1.29 is 27.4 Å². The number of aromatic nitrogens is 1. The smallest absolute Gasteiger partial charge is 0.434 e. The summed E-state index contributed by atoms with van der Waals surface area (Å²) in [5, 5.41) is 0.345. The van der Waals surface area contributed by atoms with Gasteiger partial charge in [-0.05, 0) is 71.0 Å². The fourth-order valence-corrected chi connectivity index (χ4v) is 5.61. The van der Waals surface area contributed by atoms with Crippen LogP contribution in [0.2, 0.25) is 5.02 Å². The second-order valence-corrected chi connectivity index (χ2v) is 10.1. The molecule has 36 heavy (non-hydrogen) atoms. The number of rotatable bonds is 5. The molecule has 0 spiro atoms. The SMILES string of the molecule is CCOC(=O)C1=C(C(F)(F)F)N=c2s/c(=C/c3ccc(OC)c(I)c3)c(=O)n2[C@@H]1c1ccc(Cl)cc1. The molecule has 2 aromatic carbocycles. The predicted molar refractivity (Wildman–Crippen MR) is 138 cm³/mol. The number of halogens is 5. The van der Waals surface area contributed by atoms with E-state index in [1.807, 2.05) is 0 Å². The van der Waals surface area contributed by atoms with Crippen molar-refractivity contribution >= 4 is 57.6 Å². The minimum Gasteiger partial charge on any atom is -0.496 e. The number of carbonyl (C=O) groups is 1. The third-order valence-electron chi connectivity index (χ3n) is 5.25. The van der Waals surface area contributed by atoms with Crippen LogP contribution in [0.15, 0.2) is 63.5 Å². The highest BCUT2D eigenvalue weighted by atomic mass is 127. The molecule has 1 atom stereocenters. The van der Waals surface area contributed by atoms with Crippen molar-refractivity contribution in [2.75, 3.05) is 13.7 Å². The molecule has 4 rings (SSSR count). The normalized spacial score (nSPS) is 16.0. The Balaban J connectivity index is 2.02. The zero-order chi connectivity index (χ0) is 26.2. The van der Waals surface area contributed by atoms with Crippen molar-refractivity contribution in [2.45, 2.75) is 19.1 Å². The van der Waals surface area contributed by atoms with Crippen LogP contribution in [0.4, 0.5) is 13.2 Å². The molecule has 6 nitrogen and oxygen atoms in total. The summed E-state index contributed by atoms with van der Waals surface area (Å²) >= 11 is 8.86. The lowest BCUT2D eigenvalue weighted by atomic mass is 9.95. The Bertz CT molecular complexity index is 1550. The molecule has 0 fully saturated rings. The van der Waals surface area contributed by atoms with Crippen LogP contribution in [-0.4, -0.2) is 30.4 Å². The summed E-state index contributed by atoms with van der Waals surface area (Å²) in [5.74, 6) is -0.557. The molecule has 0 N–H and O–H groups in total. The van der Waals surface area contributed by atoms with Crippen LogP contribution in [0.3, 0.4) is 0 Å². The maximum absolute atomic E-state index is 14.1. The van der Waals surface area contributed by atoms with Crippen molar-refractivity contribution in [3.8, 4) is 5.75 Å². The number of hydrogen-bond acceptors (Lipinski definition) is 6. The molecule has 0 saturated carbocycles. The Labute approximate surface area is 225 Å². The molecule has 3 aromatic rings. The van der Waals surface area contributed by atoms with Gasteiger partial charge in [0.05, 0.1) is 33.4 Å². The van der Waals surface area contributed by atoms with E-state index in [9.17, 15) is 22.8 Å². The lowest BCUT2D eigenvalue weighted by Gasteiger charge is -2.26. The van der Waals surface area contributed by atoms with Crippen LogP contribution in [0.25, 0.3) is 6.08 Å². The summed E-state index contributed by atoms with van der Waals surface area (Å²) in [6.45, 7) is 1.33. The number of carbonyl (C=O) groups excluding carboxylic acids is 1. The minimum atomic E-state index is -4.96. The molecule has 0 unspecified atom stereocenters. The molecule has 1 aliphatic rings. The largest absolute Gasteiger partial charge is 0.496 e. The van der Waals surface area contributed by atoms with E-state index >= 15 is 0 Å². The highest BCUT2D eigenvalue weighted by Gasteiger charge is 2.45. The van der Waals surface area contributed by atoms with E-state index in [1.165, 1.54) is 38.3 Å². The average Bonchev–Trinajstić information content (AvgIpc) is 3.13. The van der Waals surface area contributed by atoms with Crippen molar-refractivity contribution in [1.82, 2.24) is 4.57 Å². The molecule has 0 bridgehead atoms. The molecule has 0 radical (unpaired) electrons. The summed E-state index contributed by atoms with van der Waals surface area (Å²) in [6, 6.07) is 9.70. The Morgan fingerprint density at radius 1 is 1.25 bits per heavy atom. The van der Waals surface area contributed by atoms with Crippen molar-refractivity contribution in [1.29, 1.82) is 0 Å². The number of fused-ring (bicyclic) bond motifs is 1. The van der Waals surface area contributed by atoms with Crippen molar-refractivity contribution in [3.63, 3.8) is 0 Å². The number of alkyl halides is 3. The summed E-state index contributed by atoms with van der Waals surface area (Å²) in [4.78, 5) is 29.9. The van der Waals surface area contributed by atoms with Gasteiger partial charge < -0.3 is 9.47 Å². The molecule has 1 aliphatic heterocycles. The van der Waals surface area contributed by atoms with E-state index in [2.05, 4.69) is 27.6 Å². The average molecular weight is 649 g/mol. The van der Waals surface area contributed by atoms with Crippen LogP contribution in [0.5, 0.6) is 5.75 Å². The summed E-state index contributed by atoms with van der Waals surface area (Å²) < 4.78 is 54.6. The van der Waals surface area contributed by atoms with Crippen LogP contribution >= 0.6 is 45.5 Å². The molecule has 0 saturated heterocycles. The fourth-order valence-electron chi connectivity index (χ4n) is 3.72. The van der Waals surface area contributed by atoms with Gasteiger partial charge in [-0.1, -0.05) is 41.1 Å². The Hall–Kier alpha value is -2.64. The predicted octanol–water partition coefficient (Wildman–Crippen LogP) is 4.61. The minimum absolute atomic E-state index is 0.151. The molecule has 0 amide bonds. The second kappa shape index (κ2) is 10.4. The Kier molecular flexibility index (Phi) is 7.62. The zero-order valence-corrected chi connectivity index (χ0v) is 22.5. The maximum Gasteiger partial charge on any atom is 0.434 e. The topological polar surface area (TPSA) is 69.9 Å². The number of allylic oxidation sites excluding steroid dienone is 1. The Morgan fingerprint density at radius 2 is 1.94 bits per heavy atom. The van der Waals surface area contributed by atoms with Gasteiger partial charge in [0, 0.05) is 5.02 Å². The monoisotopic (exact) mass is 648 g/mol. The number of ether oxygens (including phenoxy) is 2. The van der Waals surface area contributed by atoms with Gasteiger partial charge in [-0.15, -0.1) is 0 Å². The first-order valence-electron chi connectivity index (χ1n) is 10.4. The van der Waals surface area contributed by atoms with Crippen LogP contribution in [0.1, 0.15) is 24.1 Å². The van der Waals surface area contributed by atoms with Crippen LogP contribution in [0, 0.1) is 3.57 Å². The van der Waals surface area contributed by atoms with E-state index < -0.39 is 35.0 Å². The van der Waals surface area contributed by atoms with E-state index in [4.69, 9.17) is 21.1 Å². The van der Waals surface area contributed by atoms with Crippen LogP contribution < -0.4 is 19.6 Å². The molecular formula is C24H17ClF3IN2O4S. The third kappa shape index (κ3) is 5.09. The lowest BCUT2D eigenvalue weighted by Crippen LogP contribution is -2.41. The number of nitrogens with zero attached hydrogens (tertiary/aromatic N) is 2. The Morgan fingerprint density at radius 3 is 2.53 bits per heavy atom. The van der Waals surface area contributed by atoms with Gasteiger partial charge in [0.15, 0.2) is 10.5 Å². The first kappa shape index (κ1) is 26.4. The van der Waals surface area contributed by atoms with Gasteiger partial charge in [-0.3, -0.25) is 9.36 Å². The number of hydrogen-bond donors (Lipinski definition) is 0. The number of benzene rings is 2. The highest BCUT2D eigenvalue weighted by Crippen LogP contribution is 2.38. The molecule has 1 aromatic heterocycles. The first-order chi connectivity index (χ1) is 17.0. The third-order valence-corrected chi connectivity index (χ3v) is 7.33. The summed E-state index contributed by atoms with van der Waals surface area (Å²) in [6.07, 6.45) is -3.40. The number of thiazole rings is 1. The van der Waals surface area contributed by atoms with Gasteiger partial charge in [-0.2, -0.15) is 13.2 Å². The standard InChI is InChI=1S/C24H17ClF3IN2O4S/c1-3-35-22(33)18-19(13-5-7-14(25)8-6-13)31-21(32)17(36-23(31)30-20(18)24(26,27)28)11-12-4-9-16(34-2)15(29)10-12/h4-11,19H,3H2,1-2H3/b17-11+/t19-/m1/s1. The van der Waals surface area contributed by atoms with Gasteiger partial charge in [-0.25, -0.2) is 9.79 Å². The van der Waals surface area contributed by atoms with Gasteiger partial charge in [0.1, 0.15) is 5.75 Å². The van der Waals surface area contributed by atoms with E-state index in [1.54, 1.807) is 24.3 Å². The zero-order valence-electron chi connectivity index (χ0n) is 18.7. The maximum atomic E-state index is 14.1. The first-order valence-corrected chi connectivity index (χ1v) is 12.7. The van der Waals surface area contributed by atoms with Gasteiger partial charge in [0.2, 0.25) is 0 Å². The van der Waals surface area contributed by atoms with E-state index in [0.717, 1.165) is 19.5 Å². The molecule has 188 valence electrons. The lowest BCUT2D eigenvalue weighted by molar-refractivity contribution is -0.140. The highest BCUT2D eigenvalue weighted by molar-refractivity contribution is 14.1. The quantitative estimate of drug-likeness (QED) is 0.300. The van der Waals surface area contributed by atoms with E-state index in [0.29, 0.717) is 16.3 Å². The number of esters is 1. The summed E-state index contributed by atoms with van der Waals surface area (Å²) in [5.41, 5.74) is -1.84. The summed E-state index contributed by atoms with van der Waals surface area (Å²) in [7, 11) is 1.53. The van der Waals surface area contributed by atoms with E-state index in [-0.39, 0.29) is 21.5 Å². The van der Waals surface area contributed by atoms with Gasteiger partial charge >= 0.3 is 12.1 Å². The van der Waals surface area contributed by atoms with Gasteiger partial charge in [0.25, 0.3) is 5.56 Å². The molecular weight excluding hydrogens is 632 g/mol. The second-order valence-electron chi connectivity index (χ2n) is 7.51. The van der Waals surface area contributed by atoms with Crippen LogP contribution in [-0.2, 0) is 9.53 Å². The molecule has 0 aliphatic carbocycles. The van der Waals surface area contributed by atoms with Crippen molar-refractivity contribution in [2.24, 2.45) is 4.99 Å². The fraction of sp³-hybridized carbons (Fsp3) is 0.208. The molecule has 12 heteroatoms.